The maximum absolute atomic E-state index is 12.2. The monoisotopic (exact) mass is 380 g/mol. The van der Waals surface area contributed by atoms with Crippen LogP contribution in [0.3, 0.4) is 0 Å². The number of hydrogen-bond donors (Lipinski definition) is 1. The predicted octanol–water partition coefficient (Wildman–Crippen LogP) is 3.78. The number of carbonyl (C=O) groups excluding carboxylic acids is 1. The van der Waals surface area contributed by atoms with Crippen LogP contribution in [-0.4, -0.2) is 15.8 Å². The average Bonchev–Trinajstić information content (AvgIpc) is 3.32. The van der Waals surface area contributed by atoms with E-state index in [2.05, 4.69) is 10.3 Å². The molecule has 0 aliphatic rings. The van der Waals surface area contributed by atoms with Gasteiger partial charge in [0.2, 0.25) is 0 Å². The first-order valence-corrected chi connectivity index (χ1v) is 8.51. The maximum atomic E-state index is 12.2. The fourth-order valence-electron chi connectivity index (χ4n) is 2.26. The molecule has 0 spiro atoms. The summed E-state index contributed by atoms with van der Waals surface area (Å²) in [5, 5.41) is 22.9. The summed E-state index contributed by atoms with van der Waals surface area (Å²) in [4.78, 5) is 27.5. The van der Waals surface area contributed by atoms with E-state index < -0.39 is 10.8 Å². The average molecular weight is 380 g/mol. The number of anilines is 1. The Labute approximate surface area is 157 Å². The Morgan fingerprint density at radius 3 is 2.96 bits per heavy atom. The van der Waals surface area contributed by atoms with Crippen LogP contribution in [0.15, 0.2) is 58.8 Å². The number of amides is 1. The Bertz CT molecular complexity index is 1050. The van der Waals surface area contributed by atoms with Crippen LogP contribution in [0.5, 0.6) is 0 Å². The summed E-state index contributed by atoms with van der Waals surface area (Å²) in [6, 6.07) is 11.4. The number of nitro benzene ring substituents is 1. The van der Waals surface area contributed by atoms with Crippen molar-refractivity contribution in [3.05, 3.63) is 80.7 Å². The van der Waals surface area contributed by atoms with Gasteiger partial charge in [0.1, 0.15) is 17.4 Å². The molecular formula is C18H12N4O4S. The van der Waals surface area contributed by atoms with Gasteiger partial charge < -0.3 is 4.42 Å². The lowest BCUT2D eigenvalue weighted by Crippen LogP contribution is -2.13. The van der Waals surface area contributed by atoms with Gasteiger partial charge in [-0.05, 0) is 17.7 Å². The molecular weight excluding hydrogens is 368 g/mol. The van der Waals surface area contributed by atoms with Gasteiger partial charge in [-0.15, -0.1) is 11.3 Å². The third kappa shape index (κ3) is 4.65. The number of furan rings is 1. The minimum Gasteiger partial charge on any atom is -0.465 e. The van der Waals surface area contributed by atoms with E-state index in [-0.39, 0.29) is 11.3 Å². The van der Waals surface area contributed by atoms with Crippen LogP contribution in [0.1, 0.15) is 16.2 Å². The van der Waals surface area contributed by atoms with E-state index in [0.29, 0.717) is 17.3 Å². The first-order chi connectivity index (χ1) is 13.0. The van der Waals surface area contributed by atoms with Crippen molar-refractivity contribution < 1.29 is 14.1 Å². The zero-order valence-electron chi connectivity index (χ0n) is 13.8. The van der Waals surface area contributed by atoms with Crippen molar-refractivity contribution in [2.75, 3.05) is 5.32 Å². The zero-order valence-corrected chi connectivity index (χ0v) is 14.6. The van der Waals surface area contributed by atoms with Crippen LogP contribution in [0.2, 0.25) is 0 Å². The summed E-state index contributed by atoms with van der Waals surface area (Å²) >= 11 is 1.23. The number of carbonyl (C=O) groups is 1. The maximum Gasteiger partial charge on any atom is 0.269 e. The SMILES string of the molecule is N#C/C(=C\c1ccco1)C(=O)Nc1ncc(Cc2cccc([N+](=O)[O-])c2)s1. The third-order valence-corrected chi connectivity index (χ3v) is 4.38. The molecule has 134 valence electrons. The first kappa shape index (κ1) is 18.0. The minimum atomic E-state index is -0.592. The van der Waals surface area contributed by atoms with Gasteiger partial charge in [-0.3, -0.25) is 20.2 Å². The van der Waals surface area contributed by atoms with E-state index in [1.807, 2.05) is 6.07 Å². The number of rotatable bonds is 6. The van der Waals surface area contributed by atoms with Crippen molar-refractivity contribution in [2.24, 2.45) is 0 Å². The van der Waals surface area contributed by atoms with Gasteiger partial charge in [0.05, 0.1) is 11.2 Å². The molecule has 0 fully saturated rings. The molecule has 9 heteroatoms. The minimum absolute atomic E-state index is 0.0206. The van der Waals surface area contributed by atoms with E-state index in [9.17, 15) is 14.9 Å². The van der Waals surface area contributed by atoms with Crippen molar-refractivity contribution in [3.63, 3.8) is 0 Å². The fraction of sp³-hybridized carbons (Fsp3) is 0.0556. The number of thiazole rings is 1. The number of nitrogens with zero attached hydrogens (tertiary/aromatic N) is 3. The number of nitriles is 1. The highest BCUT2D eigenvalue weighted by atomic mass is 32.1. The Morgan fingerprint density at radius 1 is 1.41 bits per heavy atom. The summed E-state index contributed by atoms with van der Waals surface area (Å²) in [5.41, 5.74) is 0.675. The van der Waals surface area contributed by atoms with Crippen LogP contribution >= 0.6 is 11.3 Å². The molecule has 0 radical (unpaired) electrons. The largest absolute Gasteiger partial charge is 0.465 e. The van der Waals surface area contributed by atoms with E-state index >= 15 is 0 Å². The normalized spacial score (nSPS) is 11.0. The number of nitro groups is 1. The lowest BCUT2D eigenvalue weighted by molar-refractivity contribution is -0.384. The molecule has 0 aliphatic heterocycles. The topological polar surface area (TPSA) is 122 Å². The predicted molar refractivity (Wildman–Crippen MR) is 98.9 cm³/mol. The van der Waals surface area contributed by atoms with E-state index in [0.717, 1.165) is 10.4 Å². The van der Waals surface area contributed by atoms with Crippen molar-refractivity contribution in [3.8, 4) is 6.07 Å². The molecule has 0 saturated heterocycles. The quantitative estimate of drug-likeness (QED) is 0.300. The van der Waals surface area contributed by atoms with Crippen molar-refractivity contribution >= 4 is 34.1 Å². The van der Waals surface area contributed by atoms with Gasteiger partial charge >= 0.3 is 0 Å². The molecule has 27 heavy (non-hydrogen) atoms. The number of non-ortho nitro benzene ring substituents is 1. The zero-order chi connectivity index (χ0) is 19.2. The second-order valence-corrected chi connectivity index (χ2v) is 6.49. The molecule has 0 aliphatic carbocycles. The molecule has 1 amide bonds. The third-order valence-electron chi connectivity index (χ3n) is 3.47. The molecule has 2 heterocycles. The van der Waals surface area contributed by atoms with Crippen molar-refractivity contribution in [2.45, 2.75) is 6.42 Å². The highest BCUT2D eigenvalue weighted by Crippen LogP contribution is 2.23. The Kier molecular flexibility index (Phi) is 5.39. The molecule has 0 saturated carbocycles. The Balaban J connectivity index is 1.69. The number of nitrogens with one attached hydrogen (secondary N) is 1. The van der Waals surface area contributed by atoms with Gasteiger partial charge in [0, 0.05) is 35.7 Å². The van der Waals surface area contributed by atoms with E-state index in [4.69, 9.17) is 9.68 Å². The molecule has 3 aromatic rings. The van der Waals surface area contributed by atoms with E-state index in [1.54, 1.807) is 30.5 Å². The standard InChI is InChI=1S/C18H12N4O4S/c19-10-13(9-15-5-2-6-26-15)17(23)21-18-20-11-16(27-18)8-12-3-1-4-14(7-12)22(24)25/h1-7,9,11H,8H2,(H,20,21,23)/b13-9+. The molecule has 0 unspecified atom stereocenters. The lowest BCUT2D eigenvalue weighted by atomic mass is 10.1. The van der Waals surface area contributed by atoms with Gasteiger partial charge in [-0.25, -0.2) is 4.98 Å². The molecule has 1 aromatic carbocycles. The van der Waals surface area contributed by atoms with Gasteiger partial charge in [-0.2, -0.15) is 5.26 Å². The first-order valence-electron chi connectivity index (χ1n) is 7.70. The van der Waals surface area contributed by atoms with Gasteiger partial charge in [0.25, 0.3) is 11.6 Å². The van der Waals surface area contributed by atoms with Crippen LogP contribution in [0, 0.1) is 21.4 Å². The molecule has 0 bridgehead atoms. The number of aromatic nitrogens is 1. The number of benzene rings is 1. The molecule has 0 atom stereocenters. The molecule has 3 rings (SSSR count). The highest BCUT2D eigenvalue weighted by Gasteiger charge is 2.13. The summed E-state index contributed by atoms with van der Waals surface area (Å²) in [5.74, 6) is -0.197. The van der Waals surface area contributed by atoms with E-state index in [1.165, 1.54) is 35.8 Å². The van der Waals surface area contributed by atoms with Gasteiger partial charge in [-0.1, -0.05) is 12.1 Å². The lowest BCUT2D eigenvalue weighted by Gasteiger charge is -2.00. The fourth-order valence-corrected chi connectivity index (χ4v) is 3.10. The molecule has 1 N–H and O–H groups in total. The van der Waals surface area contributed by atoms with Crippen LogP contribution in [0.25, 0.3) is 6.08 Å². The highest BCUT2D eigenvalue weighted by molar-refractivity contribution is 7.15. The van der Waals surface area contributed by atoms with Crippen LogP contribution < -0.4 is 5.32 Å². The summed E-state index contributed by atoms with van der Waals surface area (Å²) in [6.45, 7) is 0. The van der Waals surface area contributed by atoms with Gasteiger partial charge in [0.15, 0.2) is 5.13 Å². The summed E-state index contributed by atoms with van der Waals surface area (Å²) in [7, 11) is 0. The number of hydrogen-bond acceptors (Lipinski definition) is 7. The van der Waals surface area contributed by atoms with Crippen molar-refractivity contribution in [1.82, 2.24) is 4.98 Å². The smallest absolute Gasteiger partial charge is 0.269 e. The second-order valence-electron chi connectivity index (χ2n) is 5.37. The summed E-state index contributed by atoms with van der Waals surface area (Å²) < 4.78 is 5.09. The van der Waals surface area contributed by atoms with Crippen LogP contribution in [-0.2, 0) is 11.2 Å². The Hall–Kier alpha value is -3.77. The summed E-state index contributed by atoms with van der Waals surface area (Å²) in [6.07, 6.45) is 4.82. The molecule has 2 aromatic heterocycles. The van der Waals surface area contributed by atoms with Crippen LogP contribution in [0.4, 0.5) is 10.8 Å². The van der Waals surface area contributed by atoms with Crippen molar-refractivity contribution in [1.29, 1.82) is 5.26 Å². The molecule has 8 nitrogen and oxygen atoms in total. The second kappa shape index (κ2) is 8.07. The Morgan fingerprint density at radius 2 is 2.26 bits per heavy atom.